The van der Waals surface area contributed by atoms with Gasteiger partial charge in [-0.15, -0.1) is 0 Å². The standard InChI is InChI=1S/C19H21NO4/c1-12(2)11-23-15-6-3-13(4-7-15)9-18-19(22)20-16-8-5-14(21)10-17(16)24-18/h3-8,10,12,18,21H,9,11H2,1-2H3,(H,20,22). The number of hydrogen-bond donors (Lipinski definition) is 2. The van der Waals surface area contributed by atoms with Gasteiger partial charge in [0.15, 0.2) is 6.10 Å². The predicted octanol–water partition coefficient (Wildman–Crippen LogP) is 3.37. The number of carbonyl (C=O) groups excluding carboxylic acids is 1. The third-order valence-corrected chi connectivity index (χ3v) is 3.71. The van der Waals surface area contributed by atoms with Crippen molar-refractivity contribution < 1.29 is 19.4 Å². The Labute approximate surface area is 141 Å². The molecule has 2 aromatic rings. The molecule has 0 spiro atoms. The fourth-order valence-electron chi connectivity index (χ4n) is 2.46. The summed E-state index contributed by atoms with van der Waals surface area (Å²) >= 11 is 0. The molecule has 1 unspecified atom stereocenters. The van der Waals surface area contributed by atoms with Crippen LogP contribution >= 0.6 is 0 Å². The largest absolute Gasteiger partial charge is 0.508 e. The van der Waals surface area contributed by atoms with Crippen LogP contribution in [0.2, 0.25) is 0 Å². The second-order valence-electron chi connectivity index (χ2n) is 6.33. The van der Waals surface area contributed by atoms with Crippen LogP contribution < -0.4 is 14.8 Å². The van der Waals surface area contributed by atoms with Gasteiger partial charge in [-0.05, 0) is 35.7 Å². The molecule has 0 radical (unpaired) electrons. The highest BCUT2D eigenvalue weighted by molar-refractivity contribution is 5.98. The number of ether oxygens (including phenoxy) is 2. The Morgan fingerprint density at radius 2 is 1.96 bits per heavy atom. The Bertz CT molecular complexity index is 725. The number of fused-ring (bicyclic) bond motifs is 1. The average Bonchev–Trinajstić information content (AvgIpc) is 2.55. The van der Waals surface area contributed by atoms with Crippen LogP contribution in [-0.4, -0.2) is 23.7 Å². The van der Waals surface area contributed by atoms with E-state index in [4.69, 9.17) is 9.47 Å². The summed E-state index contributed by atoms with van der Waals surface area (Å²) in [6.07, 6.45) is -0.174. The highest BCUT2D eigenvalue weighted by Gasteiger charge is 2.28. The zero-order chi connectivity index (χ0) is 17.1. The summed E-state index contributed by atoms with van der Waals surface area (Å²) in [7, 11) is 0. The minimum Gasteiger partial charge on any atom is -0.508 e. The molecule has 5 nitrogen and oxygen atoms in total. The van der Waals surface area contributed by atoms with E-state index in [-0.39, 0.29) is 11.7 Å². The van der Waals surface area contributed by atoms with Crippen LogP contribution in [0.1, 0.15) is 19.4 Å². The summed E-state index contributed by atoms with van der Waals surface area (Å²) in [5.74, 6) is 1.69. The molecule has 2 N–H and O–H groups in total. The molecule has 0 fully saturated rings. The number of phenolic OH excluding ortho intramolecular Hbond substituents is 1. The van der Waals surface area contributed by atoms with E-state index < -0.39 is 6.10 Å². The Hall–Kier alpha value is -2.69. The van der Waals surface area contributed by atoms with Gasteiger partial charge in [-0.2, -0.15) is 0 Å². The fraction of sp³-hybridized carbons (Fsp3) is 0.316. The van der Waals surface area contributed by atoms with E-state index >= 15 is 0 Å². The smallest absolute Gasteiger partial charge is 0.265 e. The Morgan fingerprint density at radius 3 is 2.67 bits per heavy atom. The van der Waals surface area contributed by atoms with Gasteiger partial charge in [0, 0.05) is 12.5 Å². The van der Waals surface area contributed by atoms with E-state index in [9.17, 15) is 9.90 Å². The van der Waals surface area contributed by atoms with Gasteiger partial charge in [0.25, 0.3) is 5.91 Å². The first kappa shape index (κ1) is 16.2. The molecule has 0 aromatic heterocycles. The quantitative estimate of drug-likeness (QED) is 0.826. The first-order valence-electron chi connectivity index (χ1n) is 8.03. The maximum absolute atomic E-state index is 12.2. The van der Waals surface area contributed by atoms with Crippen LogP contribution in [0.3, 0.4) is 0 Å². The molecule has 0 saturated carbocycles. The summed E-state index contributed by atoms with van der Waals surface area (Å²) in [6, 6.07) is 12.3. The van der Waals surface area contributed by atoms with Crippen LogP contribution in [-0.2, 0) is 11.2 Å². The number of amides is 1. The molecule has 1 atom stereocenters. The number of carbonyl (C=O) groups is 1. The molecule has 1 heterocycles. The highest BCUT2D eigenvalue weighted by atomic mass is 16.5. The van der Waals surface area contributed by atoms with Gasteiger partial charge >= 0.3 is 0 Å². The molecule has 3 rings (SSSR count). The number of anilines is 1. The average molecular weight is 327 g/mol. The molecular formula is C19H21NO4. The first-order chi connectivity index (χ1) is 11.5. The summed E-state index contributed by atoms with van der Waals surface area (Å²) in [4.78, 5) is 12.2. The van der Waals surface area contributed by atoms with Crippen LogP contribution in [0, 0.1) is 5.92 Å². The van der Waals surface area contributed by atoms with Crippen molar-refractivity contribution in [2.75, 3.05) is 11.9 Å². The van der Waals surface area contributed by atoms with Crippen LogP contribution in [0.4, 0.5) is 5.69 Å². The molecule has 24 heavy (non-hydrogen) atoms. The summed E-state index contributed by atoms with van der Waals surface area (Å²) in [5, 5.41) is 12.3. The molecule has 126 valence electrons. The maximum Gasteiger partial charge on any atom is 0.265 e. The van der Waals surface area contributed by atoms with Crippen LogP contribution in [0.15, 0.2) is 42.5 Å². The summed E-state index contributed by atoms with van der Waals surface area (Å²) < 4.78 is 11.4. The summed E-state index contributed by atoms with van der Waals surface area (Å²) in [6.45, 7) is 4.87. The summed E-state index contributed by atoms with van der Waals surface area (Å²) in [5.41, 5.74) is 1.56. The zero-order valence-corrected chi connectivity index (χ0v) is 13.8. The molecule has 5 heteroatoms. The van der Waals surface area contributed by atoms with Crippen molar-refractivity contribution in [3.63, 3.8) is 0 Å². The van der Waals surface area contributed by atoms with Gasteiger partial charge in [0.2, 0.25) is 0 Å². The minimum atomic E-state index is -0.623. The number of benzene rings is 2. The lowest BCUT2D eigenvalue weighted by molar-refractivity contribution is -0.123. The number of rotatable bonds is 5. The van der Waals surface area contributed by atoms with E-state index in [1.807, 2.05) is 24.3 Å². The third-order valence-electron chi connectivity index (χ3n) is 3.71. The van der Waals surface area contributed by atoms with Gasteiger partial charge in [-0.1, -0.05) is 26.0 Å². The van der Waals surface area contributed by atoms with Gasteiger partial charge in [0.05, 0.1) is 12.3 Å². The molecule has 0 bridgehead atoms. The zero-order valence-electron chi connectivity index (χ0n) is 13.8. The van der Waals surface area contributed by atoms with Gasteiger partial charge in [0.1, 0.15) is 17.2 Å². The molecule has 1 amide bonds. The Kier molecular flexibility index (Phi) is 4.60. The molecular weight excluding hydrogens is 306 g/mol. The van der Waals surface area contributed by atoms with Crippen LogP contribution in [0.5, 0.6) is 17.2 Å². The van der Waals surface area contributed by atoms with Gasteiger partial charge < -0.3 is 19.9 Å². The second kappa shape index (κ2) is 6.83. The van der Waals surface area contributed by atoms with Crippen molar-refractivity contribution in [3.8, 4) is 17.2 Å². The monoisotopic (exact) mass is 327 g/mol. The van der Waals surface area contributed by atoms with E-state index in [2.05, 4.69) is 19.2 Å². The third kappa shape index (κ3) is 3.79. The highest BCUT2D eigenvalue weighted by Crippen LogP contribution is 2.33. The first-order valence-corrected chi connectivity index (χ1v) is 8.03. The molecule has 1 aliphatic rings. The van der Waals surface area contributed by atoms with Gasteiger partial charge in [-0.3, -0.25) is 4.79 Å². The predicted molar refractivity (Wildman–Crippen MR) is 91.6 cm³/mol. The lowest BCUT2D eigenvalue weighted by Gasteiger charge is -2.26. The van der Waals surface area contributed by atoms with E-state index in [1.54, 1.807) is 6.07 Å². The lowest BCUT2D eigenvalue weighted by atomic mass is 10.1. The van der Waals surface area contributed by atoms with Crippen molar-refractivity contribution in [2.45, 2.75) is 26.4 Å². The van der Waals surface area contributed by atoms with Gasteiger partial charge in [-0.25, -0.2) is 0 Å². The number of nitrogens with one attached hydrogen (secondary N) is 1. The van der Waals surface area contributed by atoms with Crippen molar-refractivity contribution in [1.82, 2.24) is 0 Å². The van der Waals surface area contributed by atoms with E-state index in [0.29, 0.717) is 30.4 Å². The number of aromatic hydroxyl groups is 1. The molecule has 1 aliphatic heterocycles. The Balaban J connectivity index is 1.66. The molecule has 0 saturated heterocycles. The van der Waals surface area contributed by atoms with Crippen LogP contribution in [0.25, 0.3) is 0 Å². The SMILES string of the molecule is CC(C)COc1ccc(CC2Oc3cc(O)ccc3NC2=O)cc1. The van der Waals surface area contributed by atoms with E-state index in [0.717, 1.165) is 11.3 Å². The molecule has 2 aromatic carbocycles. The normalized spacial score (nSPS) is 16.3. The topological polar surface area (TPSA) is 67.8 Å². The Morgan fingerprint density at radius 1 is 1.21 bits per heavy atom. The van der Waals surface area contributed by atoms with Crippen molar-refractivity contribution >= 4 is 11.6 Å². The number of hydrogen-bond acceptors (Lipinski definition) is 4. The molecule has 0 aliphatic carbocycles. The van der Waals surface area contributed by atoms with Crippen molar-refractivity contribution in [2.24, 2.45) is 5.92 Å². The van der Waals surface area contributed by atoms with Crippen molar-refractivity contribution in [3.05, 3.63) is 48.0 Å². The lowest BCUT2D eigenvalue weighted by Crippen LogP contribution is -2.38. The maximum atomic E-state index is 12.2. The number of phenols is 1. The minimum absolute atomic E-state index is 0.107. The van der Waals surface area contributed by atoms with E-state index in [1.165, 1.54) is 12.1 Å². The van der Waals surface area contributed by atoms with Crippen molar-refractivity contribution in [1.29, 1.82) is 0 Å². The second-order valence-corrected chi connectivity index (χ2v) is 6.33. The fourth-order valence-corrected chi connectivity index (χ4v) is 2.46.